The van der Waals surface area contributed by atoms with Gasteiger partial charge in [0.25, 0.3) is 0 Å². The highest BCUT2D eigenvalue weighted by molar-refractivity contribution is 5.78. The third-order valence-electron chi connectivity index (χ3n) is 4.08. The lowest BCUT2D eigenvalue weighted by Crippen LogP contribution is -2.36. The molecule has 1 heterocycles. The summed E-state index contributed by atoms with van der Waals surface area (Å²) in [5, 5.41) is 20.4. The van der Waals surface area contributed by atoms with Gasteiger partial charge in [0.15, 0.2) is 0 Å². The number of aromatic nitrogens is 3. The van der Waals surface area contributed by atoms with Crippen LogP contribution in [-0.4, -0.2) is 63.7 Å². The van der Waals surface area contributed by atoms with Crippen LogP contribution < -0.4 is 5.32 Å². The minimum Gasteiger partial charge on any atom is -0.395 e. The number of carbonyl (C=O) groups excluding carboxylic acids is 1. The molecule has 124 valence electrons. The Morgan fingerprint density at radius 1 is 1.55 bits per heavy atom. The molecule has 1 amide bonds. The van der Waals surface area contributed by atoms with Gasteiger partial charge < -0.3 is 10.4 Å². The molecule has 0 radical (unpaired) electrons. The minimum absolute atomic E-state index is 0.0380. The first-order valence-electron chi connectivity index (χ1n) is 7.91. The van der Waals surface area contributed by atoms with E-state index < -0.39 is 0 Å². The second-order valence-corrected chi connectivity index (χ2v) is 6.76. The molecular formula is C15H27N5O2. The molecule has 2 N–H and O–H groups in total. The first-order valence-corrected chi connectivity index (χ1v) is 7.91. The molecule has 22 heavy (non-hydrogen) atoms. The van der Waals surface area contributed by atoms with Gasteiger partial charge in [0.05, 0.1) is 18.8 Å². The standard InChI is InChI=1S/C15H27N5O2/c1-15(2,11-21)13-9-20(18-17-13)8-4-7-16-14(22)10-19(3)12-5-6-12/h9,12,21H,4-8,10-11H2,1-3H3,(H,16,22). The van der Waals surface area contributed by atoms with E-state index >= 15 is 0 Å². The van der Waals surface area contributed by atoms with Gasteiger partial charge in [-0.1, -0.05) is 19.1 Å². The second kappa shape index (κ2) is 7.19. The van der Waals surface area contributed by atoms with E-state index in [1.807, 2.05) is 27.1 Å². The average Bonchev–Trinajstić information content (AvgIpc) is 3.22. The zero-order valence-corrected chi connectivity index (χ0v) is 13.7. The number of carbonyl (C=O) groups is 1. The molecule has 1 saturated carbocycles. The topological polar surface area (TPSA) is 83.3 Å². The van der Waals surface area contributed by atoms with Gasteiger partial charge in [-0.2, -0.15) is 0 Å². The highest BCUT2D eigenvalue weighted by atomic mass is 16.3. The highest BCUT2D eigenvalue weighted by Crippen LogP contribution is 2.24. The van der Waals surface area contributed by atoms with Gasteiger partial charge in [-0.05, 0) is 26.3 Å². The molecule has 1 aromatic heterocycles. The number of aryl methyl sites for hydroxylation is 1. The lowest BCUT2D eigenvalue weighted by Gasteiger charge is -2.17. The lowest BCUT2D eigenvalue weighted by molar-refractivity contribution is -0.122. The van der Waals surface area contributed by atoms with E-state index in [4.69, 9.17) is 0 Å². The van der Waals surface area contributed by atoms with Gasteiger partial charge >= 0.3 is 0 Å². The zero-order chi connectivity index (χ0) is 16.2. The predicted octanol–water partition coefficient (Wildman–Crippen LogP) is 0.149. The fourth-order valence-corrected chi connectivity index (χ4v) is 2.19. The van der Waals surface area contributed by atoms with Crippen molar-refractivity contribution in [3.63, 3.8) is 0 Å². The molecule has 7 nitrogen and oxygen atoms in total. The summed E-state index contributed by atoms with van der Waals surface area (Å²) >= 11 is 0. The summed E-state index contributed by atoms with van der Waals surface area (Å²) in [5.74, 6) is 0.0788. The smallest absolute Gasteiger partial charge is 0.234 e. The zero-order valence-electron chi connectivity index (χ0n) is 13.7. The minimum atomic E-state index is -0.375. The van der Waals surface area contributed by atoms with Gasteiger partial charge in [0.1, 0.15) is 0 Å². The maximum Gasteiger partial charge on any atom is 0.234 e. The number of amides is 1. The van der Waals surface area contributed by atoms with Crippen molar-refractivity contribution < 1.29 is 9.90 Å². The summed E-state index contributed by atoms with van der Waals surface area (Å²) in [4.78, 5) is 13.9. The van der Waals surface area contributed by atoms with Crippen LogP contribution in [-0.2, 0) is 16.8 Å². The van der Waals surface area contributed by atoms with Gasteiger partial charge in [0.2, 0.25) is 5.91 Å². The molecule has 0 aromatic carbocycles. The van der Waals surface area contributed by atoms with E-state index in [-0.39, 0.29) is 17.9 Å². The van der Waals surface area contributed by atoms with Crippen LogP contribution in [0.15, 0.2) is 6.20 Å². The molecule has 0 unspecified atom stereocenters. The van der Waals surface area contributed by atoms with Crippen LogP contribution >= 0.6 is 0 Å². The summed E-state index contributed by atoms with van der Waals surface area (Å²) in [7, 11) is 2.00. The Morgan fingerprint density at radius 3 is 2.91 bits per heavy atom. The van der Waals surface area contributed by atoms with Crippen molar-refractivity contribution in [1.82, 2.24) is 25.2 Å². The maximum absolute atomic E-state index is 11.8. The number of rotatable bonds is 9. The number of hydrogen-bond donors (Lipinski definition) is 2. The first-order chi connectivity index (χ1) is 10.4. The van der Waals surface area contributed by atoms with Crippen LogP contribution in [0.25, 0.3) is 0 Å². The highest BCUT2D eigenvalue weighted by Gasteiger charge is 2.27. The largest absolute Gasteiger partial charge is 0.395 e. The van der Waals surface area contributed by atoms with Crippen LogP contribution in [0.5, 0.6) is 0 Å². The lowest BCUT2D eigenvalue weighted by atomic mass is 9.91. The number of hydrogen-bond acceptors (Lipinski definition) is 5. The summed E-state index contributed by atoms with van der Waals surface area (Å²) in [5.41, 5.74) is 0.407. The fraction of sp³-hybridized carbons (Fsp3) is 0.800. The molecule has 2 rings (SSSR count). The Morgan fingerprint density at radius 2 is 2.27 bits per heavy atom. The van der Waals surface area contributed by atoms with Crippen molar-refractivity contribution >= 4 is 5.91 Å². The van der Waals surface area contributed by atoms with Crippen molar-refractivity contribution in [2.45, 2.75) is 51.1 Å². The Balaban J connectivity index is 1.65. The molecule has 0 bridgehead atoms. The third-order valence-corrected chi connectivity index (χ3v) is 4.08. The second-order valence-electron chi connectivity index (χ2n) is 6.76. The Labute approximate surface area is 131 Å². The average molecular weight is 309 g/mol. The normalized spacial score (nSPS) is 15.3. The van der Waals surface area contributed by atoms with E-state index in [1.54, 1.807) is 4.68 Å². The van der Waals surface area contributed by atoms with Crippen LogP contribution in [0, 0.1) is 0 Å². The molecule has 7 heteroatoms. The molecule has 1 fully saturated rings. The first kappa shape index (κ1) is 16.9. The Hall–Kier alpha value is -1.47. The number of nitrogens with zero attached hydrogens (tertiary/aromatic N) is 4. The molecule has 1 aliphatic carbocycles. The van der Waals surface area contributed by atoms with Crippen molar-refractivity contribution in [2.75, 3.05) is 26.7 Å². The fourth-order valence-electron chi connectivity index (χ4n) is 2.19. The van der Waals surface area contributed by atoms with Crippen LogP contribution in [0.2, 0.25) is 0 Å². The summed E-state index contributed by atoms with van der Waals surface area (Å²) in [6.07, 6.45) is 5.09. The number of nitrogens with one attached hydrogen (secondary N) is 1. The van der Waals surface area contributed by atoms with Gasteiger partial charge in [-0.3, -0.25) is 14.4 Å². The van der Waals surface area contributed by atoms with Gasteiger partial charge in [-0.25, -0.2) is 0 Å². The number of aliphatic hydroxyl groups is 1. The van der Waals surface area contributed by atoms with E-state index in [0.29, 0.717) is 25.7 Å². The maximum atomic E-state index is 11.8. The molecule has 0 spiro atoms. The third kappa shape index (κ3) is 4.78. The molecule has 0 aliphatic heterocycles. The van der Waals surface area contributed by atoms with Crippen LogP contribution in [0.1, 0.15) is 38.8 Å². The number of aliphatic hydroxyl groups excluding tert-OH is 1. The van der Waals surface area contributed by atoms with Crippen molar-refractivity contribution in [1.29, 1.82) is 0 Å². The van der Waals surface area contributed by atoms with E-state index in [9.17, 15) is 9.90 Å². The monoisotopic (exact) mass is 309 g/mol. The molecule has 0 saturated heterocycles. The Bertz CT molecular complexity index is 496. The SMILES string of the molecule is CN(CC(=O)NCCCn1cc(C(C)(C)CO)nn1)C1CC1. The summed E-state index contributed by atoms with van der Waals surface area (Å²) < 4.78 is 1.76. The summed E-state index contributed by atoms with van der Waals surface area (Å²) in [6, 6.07) is 0.606. The summed E-state index contributed by atoms with van der Waals surface area (Å²) in [6.45, 7) is 5.71. The van der Waals surface area contributed by atoms with Gasteiger partial charge in [-0.15, -0.1) is 5.10 Å². The molecule has 1 aliphatic rings. The van der Waals surface area contributed by atoms with Crippen molar-refractivity contribution in [3.8, 4) is 0 Å². The quantitative estimate of drug-likeness (QED) is 0.634. The van der Waals surface area contributed by atoms with E-state index in [1.165, 1.54) is 12.8 Å². The Kier molecular flexibility index (Phi) is 5.52. The van der Waals surface area contributed by atoms with Crippen molar-refractivity contribution in [3.05, 3.63) is 11.9 Å². The van der Waals surface area contributed by atoms with E-state index in [0.717, 1.165) is 12.1 Å². The molecule has 1 aromatic rings. The van der Waals surface area contributed by atoms with Crippen LogP contribution in [0.3, 0.4) is 0 Å². The van der Waals surface area contributed by atoms with E-state index in [2.05, 4.69) is 20.5 Å². The van der Waals surface area contributed by atoms with Crippen LogP contribution in [0.4, 0.5) is 0 Å². The van der Waals surface area contributed by atoms with Crippen molar-refractivity contribution in [2.24, 2.45) is 0 Å². The predicted molar refractivity (Wildman–Crippen MR) is 83.4 cm³/mol. The number of likely N-dealkylation sites (N-methyl/N-ethyl adjacent to an activating group) is 1. The molecule has 0 atom stereocenters. The molecular weight excluding hydrogens is 282 g/mol. The van der Waals surface area contributed by atoms with Gasteiger partial charge in [0, 0.05) is 30.7 Å².